The normalized spacial score (nSPS) is 11.6. The number of aromatic nitrogens is 1. The number of carboxylic acid groups (broad SMARTS) is 1. The van der Waals surface area contributed by atoms with E-state index in [0.717, 1.165) is 27.5 Å². The fourth-order valence-electron chi connectivity index (χ4n) is 3.44. The van der Waals surface area contributed by atoms with Crippen LogP contribution in [-0.2, 0) is 4.79 Å². The summed E-state index contributed by atoms with van der Waals surface area (Å²) in [5, 5.41) is 18.9. The molecule has 1 aromatic heterocycles. The van der Waals surface area contributed by atoms with E-state index in [2.05, 4.69) is 10.6 Å². The Morgan fingerprint density at radius 3 is 2.06 bits per heavy atom. The van der Waals surface area contributed by atoms with Gasteiger partial charge in [-0.15, -0.1) is 11.3 Å². The van der Waals surface area contributed by atoms with E-state index in [1.54, 1.807) is 12.1 Å². The van der Waals surface area contributed by atoms with Crippen molar-refractivity contribution in [2.24, 2.45) is 0 Å². The zero-order chi connectivity index (χ0) is 24.8. The van der Waals surface area contributed by atoms with Crippen LogP contribution < -0.4 is 10.6 Å². The Kier molecular flexibility index (Phi) is 8.02. The number of carbonyl (C=O) groups is 2. The smallest absolute Gasteiger partial charge is 0.305 e. The molecule has 0 saturated carbocycles. The van der Waals surface area contributed by atoms with Gasteiger partial charge in [0.1, 0.15) is 0 Å². The molecule has 0 aliphatic rings. The zero-order valence-electron chi connectivity index (χ0n) is 18.4. The maximum atomic E-state index is 12.3. The van der Waals surface area contributed by atoms with Crippen LogP contribution in [-0.4, -0.2) is 28.5 Å². The minimum Gasteiger partial charge on any atom is -0.481 e. The number of carboxylic acids is 1. The molecule has 3 aromatic carbocycles. The predicted molar refractivity (Wildman–Crippen MR) is 141 cm³/mol. The second-order valence-electron chi connectivity index (χ2n) is 7.70. The second-order valence-corrected chi connectivity index (χ2v) is 9.43. The molecular formula is C26H21Cl2N3O3S. The lowest BCUT2D eigenvalue weighted by Crippen LogP contribution is -2.26. The molecule has 1 heterocycles. The summed E-state index contributed by atoms with van der Waals surface area (Å²) in [5.74, 6) is -1.28. The lowest BCUT2D eigenvalue weighted by atomic mass is 9.97. The summed E-state index contributed by atoms with van der Waals surface area (Å²) in [6.07, 6.45) is -0.127. The van der Waals surface area contributed by atoms with Gasteiger partial charge < -0.3 is 15.7 Å². The van der Waals surface area contributed by atoms with Crippen molar-refractivity contribution >= 4 is 51.5 Å². The molecule has 35 heavy (non-hydrogen) atoms. The molecule has 4 aromatic rings. The first-order valence-corrected chi connectivity index (χ1v) is 12.4. The summed E-state index contributed by atoms with van der Waals surface area (Å²) in [7, 11) is 0. The third-order valence-corrected chi connectivity index (χ3v) is 6.52. The fourth-order valence-corrected chi connectivity index (χ4v) is 4.44. The number of thiazole rings is 1. The van der Waals surface area contributed by atoms with Crippen molar-refractivity contribution in [2.75, 3.05) is 11.9 Å². The van der Waals surface area contributed by atoms with Crippen molar-refractivity contribution in [2.45, 2.75) is 12.5 Å². The molecule has 0 aliphatic carbocycles. The monoisotopic (exact) mass is 525 g/mol. The van der Waals surface area contributed by atoms with E-state index in [-0.39, 0.29) is 24.9 Å². The summed E-state index contributed by atoms with van der Waals surface area (Å²) < 4.78 is 0. The van der Waals surface area contributed by atoms with Crippen molar-refractivity contribution in [3.8, 4) is 11.3 Å². The Bertz CT molecular complexity index is 1310. The highest BCUT2D eigenvalue weighted by Gasteiger charge is 2.17. The van der Waals surface area contributed by atoms with Crippen molar-refractivity contribution in [3.63, 3.8) is 0 Å². The molecule has 6 nitrogen and oxygen atoms in total. The van der Waals surface area contributed by atoms with Crippen LogP contribution in [0.3, 0.4) is 0 Å². The average Bonchev–Trinajstić information content (AvgIpc) is 3.32. The van der Waals surface area contributed by atoms with Gasteiger partial charge >= 0.3 is 5.97 Å². The minimum absolute atomic E-state index is 0.0743. The van der Waals surface area contributed by atoms with Crippen LogP contribution >= 0.6 is 34.5 Å². The molecule has 3 N–H and O–H groups in total. The number of nitrogens with one attached hydrogen (secondary N) is 2. The lowest BCUT2D eigenvalue weighted by molar-refractivity contribution is -0.136. The number of amides is 1. The fraction of sp³-hybridized carbons (Fsp3) is 0.115. The molecule has 0 radical (unpaired) electrons. The Balaban J connectivity index is 1.56. The van der Waals surface area contributed by atoms with Crippen LogP contribution in [0.5, 0.6) is 0 Å². The molecule has 1 unspecified atom stereocenters. The largest absolute Gasteiger partial charge is 0.481 e. The molecule has 9 heteroatoms. The van der Waals surface area contributed by atoms with E-state index in [1.165, 1.54) is 11.3 Å². The first-order chi connectivity index (χ1) is 16.9. The number of aliphatic carboxylic acids is 1. The molecule has 1 amide bonds. The first-order valence-electron chi connectivity index (χ1n) is 10.7. The Labute approximate surface area is 216 Å². The van der Waals surface area contributed by atoms with Crippen LogP contribution in [0.4, 0.5) is 5.13 Å². The Morgan fingerprint density at radius 2 is 1.46 bits per heavy atom. The van der Waals surface area contributed by atoms with E-state index in [1.807, 2.05) is 66.0 Å². The van der Waals surface area contributed by atoms with Gasteiger partial charge in [0.2, 0.25) is 0 Å². The van der Waals surface area contributed by atoms with Crippen LogP contribution in [0.2, 0.25) is 10.0 Å². The van der Waals surface area contributed by atoms with Crippen molar-refractivity contribution < 1.29 is 14.7 Å². The van der Waals surface area contributed by atoms with Gasteiger partial charge in [0.15, 0.2) is 5.13 Å². The minimum atomic E-state index is -0.959. The number of nitrogens with zero attached hydrogens (tertiary/aromatic N) is 1. The number of carbonyl (C=O) groups excluding carboxylic acids is 1. The quantitative estimate of drug-likeness (QED) is 0.231. The van der Waals surface area contributed by atoms with Gasteiger partial charge in [-0.3, -0.25) is 9.59 Å². The van der Waals surface area contributed by atoms with Crippen molar-refractivity contribution in [1.29, 1.82) is 0 Å². The highest BCUT2D eigenvalue weighted by Crippen LogP contribution is 2.32. The van der Waals surface area contributed by atoms with Gasteiger partial charge in [-0.25, -0.2) is 4.98 Å². The van der Waals surface area contributed by atoms with Gasteiger partial charge in [-0.05, 0) is 47.5 Å². The molecule has 178 valence electrons. The Hall–Kier alpha value is -3.39. The Morgan fingerprint density at radius 1 is 0.886 bits per heavy atom. The summed E-state index contributed by atoms with van der Waals surface area (Å²) in [6, 6.07) is 22.0. The predicted octanol–water partition coefficient (Wildman–Crippen LogP) is 6.52. The molecule has 4 rings (SSSR count). The molecule has 0 fully saturated rings. The van der Waals surface area contributed by atoms with Gasteiger partial charge in [0.25, 0.3) is 5.91 Å². The lowest BCUT2D eigenvalue weighted by Gasteiger charge is -2.20. The van der Waals surface area contributed by atoms with E-state index < -0.39 is 5.97 Å². The van der Waals surface area contributed by atoms with Gasteiger partial charge in [0, 0.05) is 33.1 Å². The van der Waals surface area contributed by atoms with Crippen molar-refractivity contribution in [1.82, 2.24) is 10.3 Å². The number of halogens is 2. The van der Waals surface area contributed by atoms with Crippen LogP contribution in [0.1, 0.15) is 33.9 Å². The van der Waals surface area contributed by atoms with Gasteiger partial charge in [-0.1, -0.05) is 59.6 Å². The number of anilines is 1. The van der Waals surface area contributed by atoms with Gasteiger partial charge in [-0.2, -0.15) is 0 Å². The average molecular weight is 526 g/mol. The summed E-state index contributed by atoms with van der Waals surface area (Å²) in [4.78, 5) is 27.7. The standard InChI is InChI=1S/C26H21Cl2N3O3S/c27-20-9-5-16(6-10-20)22-15-35-26(30-22)31-24(18-7-11-21(28)12-8-18)17-1-3-19(4-2-17)25(34)29-14-13-23(32)33/h1-12,15,24H,13-14H2,(H,29,34)(H,30,31)(H,32,33). The molecule has 0 spiro atoms. The maximum absolute atomic E-state index is 12.3. The molecular weight excluding hydrogens is 505 g/mol. The van der Waals surface area contributed by atoms with Gasteiger partial charge in [0.05, 0.1) is 18.2 Å². The highest BCUT2D eigenvalue weighted by molar-refractivity contribution is 7.14. The SMILES string of the molecule is O=C(O)CCNC(=O)c1ccc(C(Nc2nc(-c3ccc(Cl)cc3)cs2)c2ccc(Cl)cc2)cc1. The van der Waals surface area contributed by atoms with Crippen molar-refractivity contribution in [3.05, 3.63) is 105 Å². The van der Waals surface area contributed by atoms with E-state index in [9.17, 15) is 9.59 Å². The number of benzene rings is 3. The highest BCUT2D eigenvalue weighted by atomic mass is 35.5. The summed E-state index contributed by atoms with van der Waals surface area (Å²) in [5.41, 5.74) is 4.18. The third kappa shape index (κ3) is 6.60. The summed E-state index contributed by atoms with van der Waals surface area (Å²) in [6.45, 7) is 0.0743. The number of hydrogen-bond acceptors (Lipinski definition) is 5. The zero-order valence-corrected chi connectivity index (χ0v) is 20.7. The number of rotatable bonds is 9. The van der Waals surface area contributed by atoms with E-state index >= 15 is 0 Å². The maximum Gasteiger partial charge on any atom is 0.305 e. The molecule has 0 aliphatic heterocycles. The van der Waals surface area contributed by atoms with Crippen LogP contribution in [0.25, 0.3) is 11.3 Å². The summed E-state index contributed by atoms with van der Waals surface area (Å²) >= 11 is 13.6. The topological polar surface area (TPSA) is 91.3 Å². The van der Waals surface area contributed by atoms with E-state index in [4.69, 9.17) is 33.3 Å². The molecule has 1 atom stereocenters. The third-order valence-electron chi connectivity index (χ3n) is 5.25. The van der Waals surface area contributed by atoms with Crippen LogP contribution in [0, 0.1) is 0 Å². The molecule has 0 bridgehead atoms. The number of hydrogen-bond donors (Lipinski definition) is 3. The first kappa shape index (κ1) is 24.7. The van der Waals surface area contributed by atoms with Crippen LogP contribution in [0.15, 0.2) is 78.2 Å². The molecule has 0 saturated heterocycles. The second kappa shape index (κ2) is 11.4. The van der Waals surface area contributed by atoms with E-state index in [0.29, 0.717) is 15.6 Å².